The molecule has 1 aromatic rings. The molecule has 0 unspecified atom stereocenters. The number of aromatic nitrogens is 3. The predicted molar refractivity (Wildman–Crippen MR) is 48.3 cm³/mol. The summed E-state index contributed by atoms with van der Waals surface area (Å²) < 4.78 is 0. The minimum atomic E-state index is -0.235. The highest BCUT2D eigenvalue weighted by Gasteiger charge is 2.36. The molecular formula is C8H14N4O. The van der Waals surface area contributed by atoms with E-state index in [1.807, 2.05) is 0 Å². The molecular weight excluding hydrogens is 168 g/mol. The highest BCUT2D eigenvalue weighted by Crippen LogP contribution is 2.41. The fourth-order valence-corrected chi connectivity index (χ4v) is 1.87. The van der Waals surface area contributed by atoms with Crippen LogP contribution in [0.15, 0.2) is 4.79 Å². The first kappa shape index (κ1) is 8.50. The van der Waals surface area contributed by atoms with E-state index in [0.717, 1.165) is 25.1 Å². The monoisotopic (exact) mass is 182 g/mol. The molecule has 0 amide bonds. The van der Waals surface area contributed by atoms with E-state index in [9.17, 15) is 4.79 Å². The van der Waals surface area contributed by atoms with Crippen LogP contribution in [-0.4, -0.2) is 21.7 Å². The number of H-pyrrole nitrogens is 2. The molecule has 0 saturated heterocycles. The molecule has 0 spiro atoms. The molecule has 0 radical (unpaired) electrons. The molecule has 0 atom stereocenters. The summed E-state index contributed by atoms with van der Waals surface area (Å²) in [5, 5.41) is 6.24. The summed E-state index contributed by atoms with van der Waals surface area (Å²) in [4.78, 5) is 13.4. The summed E-state index contributed by atoms with van der Waals surface area (Å²) in [6.07, 6.45) is 4.34. The van der Waals surface area contributed by atoms with Gasteiger partial charge >= 0.3 is 5.69 Å². The van der Waals surface area contributed by atoms with Gasteiger partial charge in [-0.2, -0.15) is 5.10 Å². The maximum Gasteiger partial charge on any atom is 0.340 e. The van der Waals surface area contributed by atoms with Gasteiger partial charge in [-0.15, -0.1) is 0 Å². The number of aromatic amines is 2. The highest BCUT2D eigenvalue weighted by molar-refractivity contribution is 4.97. The smallest absolute Gasteiger partial charge is 0.330 e. The Balaban J connectivity index is 2.08. The molecule has 1 aliphatic rings. The second kappa shape index (κ2) is 2.99. The first-order chi connectivity index (χ1) is 6.24. The Labute approximate surface area is 75.7 Å². The van der Waals surface area contributed by atoms with Crippen molar-refractivity contribution < 1.29 is 0 Å². The number of rotatable bonds is 3. The molecule has 13 heavy (non-hydrogen) atoms. The number of nitrogens with two attached hydrogens (primary N) is 1. The third kappa shape index (κ3) is 1.51. The van der Waals surface area contributed by atoms with Gasteiger partial charge in [-0.1, -0.05) is 6.42 Å². The molecule has 0 aliphatic heterocycles. The molecule has 1 fully saturated rings. The van der Waals surface area contributed by atoms with Crippen LogP contribution in [-0.2, 0) is 6.42 Å². The average molecular weight is 182 g/mol. The maximum atomic E-state index is 10.8. The molecule has 5 heteroatoms. The summed E-state index contributed by atoms with van der Waals surface area (Å²) in [5.74, 6) is 0.732. The number of hydrogen-bond donors (Lipinski definition) is 3. The third-order valence-electron chi connectivity index (χ3n) is 2.94. The molecule has 72 valence electrons. The number of hydrogen-bond acceptors (Lipinski definition) is 3. The van der Waals surface area contributed by atoms with Crippen LogP contribution in [0, 0.1) is 5.41 Å². The van der Waals surface area contributed by atoms with E-state index in [-0.39, 0.29) is 11.1 Å². The molecule has 1 aliphatic carbocycles. The van der Waals surface area contributed by atoms with Gasteiger partial charge < -0.3 is 5.73 Å². The van der Waals surface area contributed by atoms with Crippen LogP contribution in [0.4, 0.5) is 0 Å². The summed E-state index contributed by atoms with van der Waals surface area (Å²) in [5.41, 5.74) is 5.67. The first-order valence-electron chi connectivity index (χ1n) is 4.58. The quantitative estimate of drug-likeness (QED) is 0.603. The van der Waals surface area contributed by atoms with Crippen LogP contribution < -0.4 is 11.4 Å². The molecule has 4 N–H and O–H groups in total. The zero-order valence-electron chi connectivity index (χ0n) is 7.47. The van der Waals surface area contributed by atoms with Gasteiger partial charge in [0.25, 0.3) is 0 Å². The van der Waals surface area contributed by atoms with Crippen LogP contribution in [0.5, 0.6) is 0 Å². The Morgan fingerprint density at radius 2 is 2.31 bits per heavy atom. The van der Waals surface area contributed by atoms with Gasteiger partial charge in [-0.3, -0.25) is 4.98 Å². The van der Waals surface area contributed by atoms with Gasteiger partial charge in [0.2, 0.25) is 0 Å². The van der Waals surface area contributed by atoms with Crippen molar-refractivity contribution in [2.24, 2.45) is 11.1 Å². The van der Waals surface area contributed by atoms with Gasteiger partial charge in [0.15, 0.2) is 0 Å². The zero-order valence-corrected chi connectivity index (χ0v) is 7.47. The lowest BCUT2D eigenvalue weighted by molar-refractivity contribution is 0.141. The maximum absolute atomic E-state index is 10.8. The Kier molecular flexibility index (Phi) is 1.95. The predicted octanol–water partition coefficient (Wildman–Crippen LogP) is -0.231. The van der Waals surface area contributed by atoms with Crippen molar-refractivity contribution in [2.75, 3.05) is 6.54 Å². The van der Waals surface area contributed by atoms with Gasteiger partial charge in [-0.25, -0.2) is 9.89 Å². The van der Waals surface area contributed by atoms with E-state index in [2.05, 4.69) is 15.2 Å². The van der Waals surface area contributed by atoms with Gasteiger partial charge in [0.1, 0.15) is 5.82 Å². The van der Waals surface area contributed by atoms with Crippen molar-refractivity contribution in [1.82, 2.24) is 15.2 Å². The second-order valence-electron chi connectivity index (χ2n) is 3.86. The van der Waals surface area contributed by atoms with Crippen molar-refractivity contribution in [2.45, 2.75) is 25.7 Å². The summed E-state index contributed by atoms with van der Waals surface area (Å²) in [6, 6.07) is 0. The van der Waals surface area contributed by atoms with Crippen LogP contribution >= 0.6 is 0 Å². The fourth-order valence-electron chi connectivity index (χ4n) is 1.87. The Hall–Kier alpha value is -1.10. The normalized spacial score (nSPS) is 19.8. The average Bonchev–Trinajstić information content (AvgIpc) is 2.44. The minimum absolute atomic E-state index is 0.206. The standard InChI is InChI=1S/C8H14N4O/c9-5-8(2-1-3-8)4-6-10-7(13)12-11-6/h1-5,9H2,(H2,10,11,12,13). The molecule has 1 aromatic heterocycles. The summed E-state index contributed by atoms with van der Waals surface area (Å²) in [7, 11) is 0. The molecule has 1 heterocycles. The van der Waals surface area contributed by atoms with E-state index < -0.39 is 0 Å². The Morgan fingerprint density at radius 3 is 2.69 bits per heavy atom. The Bertz CT molecular complexity index is 330. The topological polar surface area (TPSA) is 87.6 Å². The lowest BCUT2D eigenvalue weighted by Gasteiger charge is -2.40. The Morgan fingerprint density at radius 1 is 1.54 bits per heavy atom. The third-order valence-corrected chi connectivity index (χ3v) is 2.94. The lowest BCUT2D eigenvalue weighted by Crippen LogP contribution is -2.39. The van der Waals surface area contributed by atoms with Crippen LogP contribution in [0.2, 0.25) is 0 Å². The van der Waals surface area contributed by atoms with Crippen molar-refractivity contribution in [3.63, 3.8) is 0 Å². The van der Waals surface area contributed by atoms with Crippen LogP contribution in [0.25, 0.3) is 0 Å². The van der Waals surface area contributed by atoms with E-state index in [1.54, 1.807) is 0 Å². The number of nitrogens with one attached hydrogen (secondary N) is 2. The lowest BCUT2D eigenvalue weighted by atomic mass is 9.66. The summed E-state index contributed by atoms with van der Waals surface area (Å²) >= 11 is 0. The fraction of sp³-hybridized carbons (Fsp3) is 0.750. The van der Waals surface area contributed by atoms with Gasteiger partial charge in [-0.05, 0) is 24.8 Å². The first-order valence-corrected chi connectivity index (χ1v) is 4.58. The number of nitrogens with zero attached hydrogens (tertiary/aromatic N) is 1. The van der Waals surface area contributed by atoms with E-state index in [4.69, 9.17) is 5.73 Å². The SMILES string of the molecule is NCC1(Cc2n[nH]c(=O)[nH]2)CCC1. The minimum Gasteiger partial charge on any atom is -0.330 e. The largest absolute Gasteiger partial charge is 0.340 e. The van der Waals surface area contributed by atoms with Crippen molar-refractivity contribution >= 4 is 0 Å². The van der Waals surface area contributed by atoms with Gasteiger partial charge in [0, 0.05) is 6.42 Å². The van der Waals surface area contributed by atoms with Crippen molar-refractivity contribution in [3.8, 4) is 0 Å². The molecule has 2 rings (SSSR count). The van der Waals surface area contributed by atoms with Crippen molar-refractivity contribution in [3.05, 3.63) is 16.3 Å². The summed E-state index contributed by atoms with van der Waals surface area (Å²) in [6.45, 7) is 0.682. The second-order valence-corrected chi connectivity index (χ2v) is 3.86. The zero-order chi connectivity index (χ0) is 9.31. The highest BCUT2D eigenvalue weighted by atomic mass is 16.1. The molecule has 0 aromatic carbocycles. The van der Waals surface area contributed by atoms with E-state index in [1.165, 1.54) is 6.42 Å². The van der Waals surface area contributed by atoms with Gasteiger partial charge in [0.05, 0.1) is 0 Å². The van der Waals surface area contributed by atoms with Crippen LogP contribution in [0.1, 0.15) is 25.1 Å². The van der Waals surface area contributed by atoms with E-state index >= 15 is 0 Å². The van der Waals surface area contributed by atoms with Crippen LogP contribution in [0.3, 0.4) is 0 Å². The van der Waals surface area contributed by atoms with E-state index in [0.29, 0.717) is 6.54 Å². The molecule has 1 saturated carbocycles. The van der Waals surface area contributed by atoms with Crippen molar-refractivity contribution in [1.29, 1.82) is 0 Å². The molecule has 0 bridgehead atoms. The molecule has 5 nitrogen and oxygen atoms in total.